The molecule has 0 saturated carbocycles. The molecule has 0 saturated heterocycles. The molecule has 10 heteroatoms. The molecule has 0 radical (unpaired) electrons. The highest BCUT2D eigenvalue weighted by Crippen LogP contribution is 2.22. The van der Waals surface area contributed by atoms with Crippen molar-refractivity contribution in [2.45, 2.75) is 26.3 Å². The summed E-state index contributed by atoms with van der Waals surface area (Å²) in [6.07, 6.45) is 3.25. The number of carboxylic acid groups (broad SMARTS) is 1. The fraction of sp³-hybridized carbons (Fsp3) is 0.278. The van der Waals surface area contributed by atoms with Crippen LogP contribution in [0.25, 0.3) is 17.1 Å². The predicted octanol–water partition coefficient (Wildman–Crippen LogP) is 1.32. The van der Waals surface area contributed by atoms with E-state index in [2.05, 4.69) is 15.3 Å². The van der Waals surface area contributed by atoms with Gasteiger partial charge in [-0.25, -0.2) is 14.8 Å². The second-order valence-corrected chi connectivity index (χ2v) is 6.33. The number of nitrogens with one attached hydrogen (secondary N) is 1. The number of hydrogen-bond donors (Lipinski definition) is 3. The molecule has 10 nitrogen and oxygen atoms in total. The summed E-state index contributed by atoms with van der Waals surface area (Å²) in [7, 11) is 0. The van der Waals surface area contributed by atoms with Crippen molar-refractivity contribution in [3.63, 3.8) is 0 Å². The van der Waals surface area contributed by atoms with Crippen LogP contribution in [0, 0.1) is 5.92 Å². The van der Waals surface area contributed by atoms with E-state index < -0.39 is 23.8 Å². The third-order valence-corrected chi connectivity index (χ3v) is 4.51. The number of fused-ring (bicyclic) bond motifs is 1. The Bertz CT molecular complexity index is 1040. The van der Waals surface area contributed by atoms with Crippen LogP contribution in [0.15, 0.2) is 35.2 Å². The van der Waals surface area contributed by atoms with E-state index >= 15 is 0 Å². The molecule has 3 aromatic rings. The number of aliphatic carboxylic acids is 1. The molecule has 0 aliphatic rings. The third kappa shape index (κ3) is 3.43. The first-order valence-electron chi connectivity index (χ1n) is 8.58. The lowest BCUT2D eigenvalue weighted by molar-refractivity contribution is -0.140. The van der Waals surface area contributed by atoms with E-state index in [1.54, 1.807) is 19.1 Å². The summed E-state index contributed by atoms with van der Waals surface area (Å²) in [6.45, 7) is 3.57. The maximum absolute atomic E-state index is 12.9. The lowest BCUT2D eigenvalue weighted by Crippen LogP contribution is -2.45. The van der Waals surface area contributed by atoms with Gasteiger partial charge in [0.15, 0.2) is 17.1 Å². The molecule has 3 heterocycles. The van der Waals surface area contributed by atoms with Gasteiger partial charge in [-0.2, -0.15) is 0 Å². The minimum Gasteiger partial charge on any atom is -0.480 e. The Morgan fingerprint density at radius 2 is 2.14 bits per heavy atom. The van der Waals surface area contributed by atoms with Crippen molar-refractivity contribution in [1.82, 2.24) is 19.7 Å². The van der Waals surface area contributed by atoms with Gasteiger partial charge in [-0.1, -0.05) is 20.3 Å². The number of aromatic nitrogens is 3. The van der Waals surface area contributed by atoms with Gasteiger partial charge < -0.3 is 20.6 Å². The van der Waals surface area contributed by atoms with Crippen molar-refractivity contribution in [2.24, 2.45) is 11.7 Å². The summed E-state index contributed by atoms with van der Waals surface area (Å²) in [4.78, 5) is 44.3. The van der Waals surface area contributed by atoms with Crippen molar-refractivity contribution in [3.05, 3.63) is 42.2 Å². The molecule has 3 aromatic heterocycles. The number of carbonyl (C=O) groups is 3. The number of imidazole rings is 1. The number of furan rings is 1. The van der Waals surface area contributed by atoms with Crippen LogP contribution in [0.4, 0.5) is 0 Å². The summed E-state index contributed by atoms with van der Waals surface area (Å²) in [5, 5.41) is 12.0. The zero-order valence-electron chi connectivity index (χ0n) is 15.2. The van der Waals surface area contributed by atoms with Crippen molar-refractivity contribution in [3.8, 4) is 11.5 Å². The summed E-state index contributed by atoms with van der Waals surface area (Å²) in [5.74, 6) is -2.51. The van der Waals surface area contributed by atoms with Gasteiger partial charge in [0.2, 0.25) is 0 Å². The molecule has 146 valence electrons. The number of amides is 2. The number of nitrogens with two attached hydrogens (primary N) is 1. The average Bonchev–Trinajstić information content (AvgIpc) is 3.33. The largest absolute Gasteiger partial charge is 0.480 e. The first-order chi connectivity index (χ1) is 13.3. The van der Waals surface area contributed by atoms with Crippen molar-refractivity contribution >= 4 is 23.4 Å². The Balaban J connectivity index is 2.12. The van der Waals surface area contributed by atoms with Gasteiger partial charge in [-0.05, 0) is 24.1 Å². The zero-order chi connectivity index (χ0) is 20.4. The van der Waals surface area contributed by atoms with E-state index in [9.17, 15) is 19.5 Å². The van der Waals surface area contributed by atoms with Crippen LogP contribution >= 0.6 is 0 Å². The molecule has 0 unspecified atom stereocenters. The maximum Gasteiger partial charge on any atom is 0.326 e. The minimum absolute atomic E-state index is 0.0472. The van der Waals surface area contributed by atoms with Gasteiger partial charge in [0.05, 0.1) is 6.26 Å². The Morgan fingerprint density at radius 1 is 1.39 bits per heavy atom. The van der Waals surface area contributed by atoms with E-state index in [0.29, 0.717) is 12.2 Å². The van der Waals surface area contributed by atoms with Crippen molar-refractivity contribution < 1.29 is 23.9 Å². The molecule has 0 aliphatic heterocycles. The second-order valence-electron chi connectivity index (χ2n) is 6.33. The molecule has 0 bridgehead atoms. The van der Waals surface area contributed by atoms with Gasteiger partial charge in [-0.3, -0.25) is 14.0 Å². The summed E-state index contributed by atoms with van der Waals surface area (Å²) in [6, 6.07) is 3.64. The number of primary amides is 1. The highest BCUT2D eigenvalue weighted by Gasteiger charge is 2.28. The summed E-state index contributed by atoms with van der Waals surface area (Å²) in [5.41, 5.74) is 5.63. The maximum atomic E-state index is 12.9. The normalized spacial score (nSPS) is 13.2. The molecular formula is C18H19N5O5. The molecule has 2 amide bonds. The zero-order valence-corrected chi connectivity index (χ0v) is 15.2. The van der Waals surface area contributed by atoms with Crippen LogP contribution in [-0.2, 0) is 4.79 Å². The molecule has 3 rings (SSSR count). The van der Waals surface area contributed by atoms with E-state index in [0.717, 1.165) is 0 Å². The second kappa shape index (κ2) is 7.51. The number of nitrogens with zero attached hydrogens (tertiary/aromatic N) is 3. The van der Waals surface area contributed by atoms with Crippen LogP contribution in [0.3, 0.4) is 0 Å². The Kier molecular flexibility index (Phi) is 5.12. The molecule has 2 atom stereocenters. The van der Waals surface area contributed by atoms with Crippen LogP contribution in [0.5, 0.6) is 0 Å². The highest BCUT2D eigenvalue weighted by atomic mass is 16.4. The quantitative estimate of drug-likeness (QED) is 0.554. The van der Waals surface area contributed by atoms with Gasteiger partial charge in [0, 0.05) is 0 Å². The third-order valence-electron chi connectivity index (χ3n) is 4.51. The lowest BCUT2D eigenvalue weighted by atomic mass is 9.99. The molecule has 0 fully saturated rings. The standard InChI is InChI=1S/C18H19N5O5/c1-3-9(2)13(18(26)27)22-17(25)11-7-10(12-5-4-6-28-12)21-16-14(15(19)24)20-8-23(11)16/h4-9,13H,3H2,1-2H3,(H2,19,24)(H,22,25)(H,26,27)/t9-,13-/m0/s1. The first-order valence-corrected chi connectivity index (χ1v) is 8.58. The van der Waals surface area contributed by atoms with E-state index in [1.165, 1.54) is 23.1 Å². The van der Waals surface area contributed by atoms with Crippen molar-refractivity contribution in [1.29, 1.82) is 0 Å². The Labute approximate surface area is 159 Å². The number of hydrogen-bond acceptors (Lipinski definition) is 6. The van der Waals surface area contributed by atoms with Crippen molar-refractivity contribution in [2.75, 3.05) is 0 Å². The molecular weight excluding hydrogens is 366 g/mol. The van der Waals surface area contributed by atoms with E-state index in [4.69, 9.17) is 10.2 Å². The SMILES string of the molecule is CC[C@H](C)[C@H](NC(=O)c1cc(-c2ccco2)nc2c(C(N)=O)ncn12)C(=O)O. The van der Waals surface area contributed by atoms with Crippen LogP contribution in [0.1, 0.15) is 41.2 Å². The number of rotatable bonds is 7. The minimum atomic E-state index is -1.14. The van der Waals surface area contributed by atoms with Crippen LogP contribution in [-0.4, -0.2) is 43.3 Å². The number of carboxylic acids is 1. The summed E-state index contributed by atoms with van der Waals surface area (Å²) >= 11 is 0. The fourth-order valence-electron chi connectivity index (χ4n) is 2.77. The van der Waals surface area contributed by atoms with E-state index in [-0.39, 0.29) is 28.6 Å². The summed E-state index contributed by atoms with van der Waals surface area (Å²) < 4.78 is 6.61. The van der Waals surface area contributed by atoms with Gasteiger partial charge in [-0.15, -0.1) is 0 Å². The molecule has 28 heavy (non-hydrogen) atoms. The average molecular weight is 385 g/mol. The van der Waals surface area contributed by atoms with E-state index in [1.807, 2.05) is 6.92 Å². The smallest absolute Gasteiger partial charge is 0.326 e. The Morgan fingerprint density at radius 3 is 2.71 bits per heavy atom. The molecule has 0 aliphatic carbocycles. The molecule has 0 spiro atoms. The van der Waals surface area contributed by atoms with Gasteiger partial charge in [0.1, 0.15) is 23.8 Å². The lowest BCUT2D eigenvalue weighted by Gasteiger charge is -2.20. The Hall–Kier alpha value is -3.69. The monoisotopic (exact) mass is 385 g/mol. The first kappa shape index (κ1) is 19.1. The van der Waals surface area contributed by atoms with Crippen LogP contribution < -0.4 is 11.1 Å². The highest BCUT2D eigenvalue weighted by molar-refractivity contribution is 6.00. The van der Waals surface area contributed by atoms with Gasteiger partial charge >= 0.3 is 5.97 Å². The van der Waals surface area contributed by atoms with Gasteiger partial charge in [0.25, 0.3) is 11.8 Å². The topological polar surface area (TPSA) is 153 Å². The fourth-order valence-corrected chi connectivity index (χ4v) is 2.77. The predicted molar refractivity (Wildman–Crippen MR) is 97.6 cm³/mol. The number of carbonyl (C=O) groups excluding carboxylic acids is 2. The molecule has 0 aromatic carbocycles. The van der Waals surface area contributed by atoms with Crippen LogP contribution in [0.2, 0.25) is 0 Å². The molecule has 4 N–H and O–H groups in total.